The van der Waals surface area contributed by atoms with E-state index in [-0.39, 0.29) is 12.1 Å². The maximum atomic E-state index is 9.31. The van der Waals surface area contributed by atoms with Gasteiger partial charge in [-0.25, -0.2) is 0 Å². The van der Waals surface area contributed by atoms with Gasteiger partial charge in [-0.05, 0) is 52.9 Å². The first-order valence-corrected chi connectivity index (χ1v) is 13.7. The van der Waals surface area contributed by atoms with E-state index in [4.69, 9.17) is 14.7 Å². The fraction of sp³-hybridized carbons (Fsp3) is 0.355. The van der Waals surface area contributed by atoms with Crippen LogP contribution in [0.1, 0.15) is 53.4 Å². The van der Waals surface area contributed by atoms with Crippen molar-refractivity contribution in [1.29, 1.82) is 5.26 Å². The molecule has 8 heteroatoms. The quantitative estimate of drug-likeness (QED) is 0.401. The summed E-state index contributed by atoms with van der Waals surface area (Å²) in [5, 5.41) is 15.5. The van der Waals surface area contributed by atoms with Gasteiger partial charge in [-0.3, -0.25) is 9.88 Å². The van der Waals surface area contributed by atoms with Crippen molar-refractivity contribution >= 4 is 16.6 Å². The number of hydrogen-bond donors (Lipinski definition) is 1. The molecule has 0 saturated carbocycles. The zero-order chi connectivity index (χ0) is 26.3. The molecule has 196 valence electrons. The van der Waals surface area contributed by atoms with E-state index in [1.165, 1.54) is 27.5 Å². The van der Waals surface area contributed by atoms with Crippen LogP contribution in [-0.4, -0.2) is 45.5 Å². The molecular formula is C31H31N7O. The summed E-state index contributed by atoms with van der Waals surface area (Å²) >= 11 is 0. The average molecular weight is 518 g/mol. The Morgan fingerprint density at radius 2 is 1.95 bits per heavy atom. The highest BCUT2D eigenvalue weighted by atomic mass is 16.5. The third-order valence-corrected chi connectivity index (χ3v) is 8.35. The van der Waals surface area contributed by atoms with Crippen LogP contribution < -0.4 is 15.0 Å². The molecule has 8 nitrogen and oxygen atoms in total. The molecule has 0 radical (unpaired) electrons. The fourth-order valence-corrected chi connectivity index (χ4v) is 6.44. The minimum Gasteiger partial charge on any atom is -0.456 e. The van der Waals surface area contributed by atoms with E-state index in [2.05, 4.69) is 62.6 Å². The third kappa shape index (κ3) is 4.38. The van der Waals surface area contributed by atoms with Crippen molar-refractivity contribution in [2.45, 2.75) is 51.0 Å². The Balaban J connectivity index is 1.22. The molecule has 4 aromatic rings. The fourth-order valence-electron chi connectivity index (χ4n) is 6.44. The van der Waals surface area contributed by atoms with Gasteiger partial charge < -0.3 is 15.0 Å². The number of rotatable bonds is 6. The van der Waals surface area contributed by atoms with Crippen LogP contribution in [0.2, 0.25) is 0 Å². The zero-order valence-electron chi connectivity index (χ0n) is 22.0. The van der Waals surface area contributed by atoms with Gasteiger partial charge in [0.1, 0.15) is 11.9 Å². The molecule has 3 atom stereocenters. The summed E-state index contributed by atoms with van der Waals surface area (Å²) in [6.45, 7) is 5.96. The Kier molecular flexibility index (Phi) is 6.11. The van der Waals surface area contributed by atoms with Crippen LogP contribution in [0.5, 0.6) is 6.01 Å². The topological polar surface area (TPSA) is 90.2 Å². The van der Waals surface area contributed by atoms with Gasteiger partial charge in [-0.1, -0.05) is 36.4 Å². The van der Waals surface area contributed by atoms with E-state index >= 15 is 0 Å². The molecular weight excluding hydrogens is 486 g/mol. The Labute approximate surface area is 228 Å². The van der Waals surface area contributed by atoms with E-state index in [0.717, 1.165) is 56.2 Å². The second-order valence-electron chi connectivity index (χ2n) is 10.7. The van der Waals surface area contributed by atoms with E-state index in [1.54, 1.807) is 12.4 Å². The highest BCUT2D eigenvalue weighted by Gasteiger charge is 2.36. The maximum absolute atomic E-state index is 9.31. The molecule has 0 amide bonds. The summed E-state index contributed by atoms with van der Waals surface area (Å²) in [6, 6.07) is 20.4. The second kappa shape index (κ2) is 9.92. The molecule has 1 fully saturated rings. The van der Waals surface area contributed by atoms with Gasteiger partial charge in [0.2, 0.25) is 0 Å². The summed E-state index contributed by atoms with van der Waals surface area (Å²) in [7, 11) is 0. The summed E-state index contributed by atoms with van der Waals surface area (Å²) in [5.41, 5.74) is 6.08. The van der Waals surface area contributed by atoms with E-state index in [9.17, 15) is 5.26 Å². The number of aromatic nitrogens is 3. The molecule has 3 aliphatic rings. The highest BCUT2D eigenvalue weighted by Crippen LogP contribution is 2.44. The average Bonchev–Trinajstić information content (AvgIpc) is 3.56. The summed E-state index contributed by atoms with van der Waals surface area (Å²) in [4.78, 5) is 19.0. The van der Waals surface area contributed by atoms with Gasteiger partial charge in [-0.15, -0.1) is 0 Å². The van der Waals surface area contributed by atoms with Gasteiger partial charge in [0.15, 0.2) is 0 Å². The van der Waals surface area contributed by atoms with E-state index < -0.39 is 0 Å². The molecule has 2 aliphatic heterocycles. The van der Waals surface area contributed by atoms with Crippen LogP contribution in [0.3, 0.4) is 0 Å². The lowest BCUT2D eigenvalue weighted by Gasteiger charge is -2.34. The number of anilines is 1. The number of ether oxygens (including phenoxy) is 1. The lowest BCUT2D eigenvalue weighted by Crippen LogP contribution is -2.51. The van der Waals surface area contributed by atoms with Crippen molar-refractivity contribution in [2.75, 3.05) is 24.5 Å². The molecule has 7 rings (SSSR count). The third-order valence-electron chi connectivity index (χ3n) is 8.35. The number of nitriles is 1. The van der Waals surface area contributed by atoms with Gasteiger partial charge in [0, 0.05) is 62.8 Å². The monoisotopic (exact) mass is 517 g/mol. The van der Waals surface area contributed by atoms with Crippen LogP contribution in [0.4, 0.5) is 5.82 Å². The van der Waals surface area contributed by atoms with Crippen molar-refractivity contribution in [2.24, 2.45) is 0 Å². The summed E-state index contributed by atoms with van der Waals surface area (Å²) in [6.07, 6.45) is 4.83. The molecule has 4 heterocycles. The lowest BCUT2D eigenvalue weighted by atomic mass is 10.0. The predicted molar refractivity (Wildman–Crippen MR) is 149 cm³/mol. The highest BCUT2D eigenvalue weighted by molar-refractivity contribution is 5.91. The molecule has 2 aromatic heterocycles. The standard InChI is InChI=1S/C31H31N7O/c1-20(21-9-12-33-13-10-21)39-31-35-27-19-38(28-16-23-6-2-4-22-5-3-7-25(28)29(22)23)18-26(27)30(36-31)37-15-14-34-24(17-37)8-11-32/h2-7,9-10,12-13,20,24,28,34H,8,14-19H2,1H3/t20?,24-,28?/m0/s1. The lowest BCUT2D eigenvalue weighted by molar-refractivity contribution is 0.199. The number of benzene rings is 2. The van der Waals surface area contributed by atoms with Crippen LogP contribution in [-0.2, 0) is 19.5 Å². The molecule has 39 heavy (non-hydrogen) atoms. The Hall–Kier alpha value is -4.06. The normalized spacial score (nSPS) is 21.1. The second-order valence-corrected chi connectivity index (χ2v) is 10.7. The van der Waals surface area contributed by atoms with Crippen molar-refractivity contribution in [3.63, 3.8) is 0 Å². The maximum Gasteiger partial charge on any atom is 0.319 e. The molecule has 2 unspecified atom stereocenters. The number of nitrogens with zero attached hydrogens (tertiary/aromatic N) is 6. The first-order valence-electron chi connectivity index (χ1n) is 13.7. The summed E-state index contributed by atoms with van der Waals surface area (Å²) in [5.74, 6) is 0.942. The van der Waals surface area contributed by atoms with Crippen LogP contribution >= 0.6 is 0 Å². The largest absolute Gasteiger partial charge is 0.456 e. The number of fused-ring (bicyclic) bond motifs is 1. The van der Waals surface area contributed by atoms with Crippen LogP contribution in [0, 0.1) is 11.3 Å². The van der Waals surface area contributed by atoms with Crippen molar-refractivity contribution < 1.29 is 4.74 Å². The van der Waals surface area contributed by atoms with E-state index in [0.29, 0.717) is 18.5 Å². The first kappa shape index (κ1) is 24.0. The molecule has 0 spiro atoms. The zero-order valence-corrected chi connectivity index (χ0v) is 22.0. The molecule has 1 saturated heterocycles. The number of pyridine rings is 1. The van der Waals surface area contributed by atoms with Crippen molar-refractivity contribution in [3.8, 4) is 12.1 Å². The number of piperazine rings is 1. The number of nitrogens with one attached hydrogen (secondary N) is 1. The molecule has 0 bridgehead atoms. The SMILES string of the molecule is CC(Oc1nc2c(c(N3CCN[C@@H](CC#N)C3)n1)CN(C1Cc3cccc4cccc1c34)C2)c1ccncc1. The first-order chi connectivity index (χ1) is 19.2. The summed E-state index contributed by atoms with van der Waals surface area (Å²) < 4.78 is 6.33. The Morgan fingerprint density at radius 1 is 1.10 bits per heavy atom. The van der Waals surface area contributed by atoms with E-state index in [1.807, 2.05) is 19.1 Å². The van der Waals surface area contributed by atoms with Crippen molar-refractivity contribution in [1.82, 2.24) is 25.2 Å². The molecule has 2 aromatic carbocycles. The number of hydrogen-bond acceptors (Lipinski definition) is 8. The van der Waals surface area contributed by atoms with Gasteiger partial charge in [-0.2, -0.15) is 15.2 Å². The van der Waals surface area contributed by atoms with Gasteiger partial charge in [0.05, 0.1) is 18.2 Å². The van der Waals surface area contributed by atoms with Gasteiger partial charge >= 0.3 is 6.01 Å². The van der Waals surface area contributed by atoms with Crippen LogP contribution in [0.25, 0.3) is 10.8 Å². The predicted octanol–water partition coefficient (Wildman–Crippen LogP) is 4.47. The molecule has 1 N–H and O–H groups in total. The smallest absolute Gasteiger partial charge is 0.319 e. The Bertz CT molecular complexity index is 1560. The molecule has 1 aliphatic carbocycles. The minimum atomic E-state index is -0.201. The van der Waals surface area contributed by atoms with Gasteiger partial charge in [0.25, 0.3) is 0 Å². The van der Waals surface area contributed by atoms with Crippen molar-refractivity contribution in [3.05, 3.63) is 88.9 Å². The minimum absolute atomic E-state index is 0.119. The Morgan fingerprint density at radius 3 is 2.79 bits per heavy atom. The van der Waals surface area contributed by atoms with Crippen LogP contribution in [0.15, 0.2) is 60.9 Å².